The summed E-state index contributed by atoms with van der Waals surface area (Å²) in [6.07, 6.45) is 61.7. The minimum atomic E-state index is -0.771. The van der Waals surface area contributed by atoms with Gasteiger partial charge in [0.25, 0.3) is 0 Å². The van der Waals surface area contributed by atoms with Crippen LogP contribution in [-0.2, 0) is 28.6 Å². The van der Waals surface area contributed by atoms with Gasteiger partial charge in [-0.05, 0) is 44.9 Å². The second-order valence-corrected chi connectivity index (χ2v) is 19.2. The van der Waals surface area contributed by atoms with E-state index in [1.54, 1.807) is 0 Å². The smallest absolute Gasteiger partial charge is 0.306 e. The zero-order chi connectivity index (χ0) is 46.5. The van der Waals surface area contributed by atoms with Gasteiger partial charge in [0.05, 0.1) is 0 Å². The Morgan fingerprint density at radius 1 is 0.312 bits per heavy atom. The monoisotopic (exact) mass is 901 g/mol. The summed E-state index contributed by atoms with van der Waals surface area (Å²) in [5.41, 5.74) is 0. The third-order valence-electron chi connectivity index (χ3n) is 12.7. The van der Waals surface area contributed by atoms with Crippen LogP contribution in [0.2, 0.25) is 0 Å². The maximum absolute atomic E-state index is 12.8. The molecular weight excluding hydrogens is 793 g/mol. The van der Waals surface area contributed by atoms with E-state index in [4.69, 9.17) is 14.2 Å². The van der Waals surface area contributed by atoms with Crippen LogP contribution in [0, 0.1) is 0 Å². The molecule has 0 fully saturated rings. The molecule has 0 bridgehead atoms. The Kier molecular flexibility index (Phi) is 51.7. The standard InChI is InChI=1S/C58H108O6/c1-4-7-10-13-16-19-22-25-27-28-29-30-31-34-36-39-42-45-48-51-57(60)63-54-55(53-62-56(59)50-47-44-41-38-35-32-24-21-18-15-12-9-6-3)64-58(61)52-49-46-43-40-37-33-26-23-20-17-14-11-8-5-2/h12,15,21,24,55H,4-11,13-14,16-20,22-23,25-54H2,1-3H3/b15-12-,24-21-. The van der Waals surface area contributed by atoms with E-state index >= 15 is 0 Å². The molecule has 1 unspecified atom stereocenters. The molecule has 0 heterocycles. The van der Waals surface area contributed by atoms with Gasteiger partial charge in [-0.1, -0.05) is 270 Å². The highest BCUT2D eigenvalue weighted by molar-refractivity contribution is 5.71. The summed E-state index contributed by atoms with van der Waals surface area (Å²) in [7, 11) is 0. The number of hydrogen-bond acceptors (Lipinski definition) is 6. The first-order valence-corrected chi connectivity index (χ1v) is 28.3. The molecule has 0 radical (unpaired) electrons. The summed E-state index contributed by atoms with van der Waals surface area (Å²) in [6.45, 7) is 6.61. The Morgan fingerprint density at radius 3 is 0.922 bits per heavy atom. The molecular formula is C58H108O6. The molecule has 0 aromatic rings. The minimum Gasteiger partial charge on any atom is -0.462 e. The highest BCUT2D eigenvalue weighted by atomic mass is 16.6. The van der Waals surface area contributed by atoms with Crippen LogP contribution in [0.5, 0.6) is 0 Å². The number of allylic oxidation sites excluding steroid dienone is 4. The summed E-state index contributed by atoms with van der Waals surface area (Å²) in [5.74, 6) is -0.865. The first-order valence-electron chi connectivity index (χ1n) is 28.3. The van der Waals surface area contributed by atoms with Crippen LogP contribution in [-0.4, -0.2) is 37.2 Å². The normalized spacial score (nSPS) is 12.1. The van der Waals surface area contributed by atoms with Crippen molar-refractivity contribution in [2.24, 2.45) is 0 Å². The average molecular weight is 901 g/mol. The summed E-state index contributed by atoms with van der Waals surface area (Å²) >= 11 is 0. The molecule has 0 aliphatic carbocycles. The fourth-order valence-corrected chi connectivity index (χ4v) is 8.42. The molecule has 6 nitrogen and oxygen atoms in total. The van der Waals surface area contributed by atoms with Gasteiger partial charge in [-0.3, -0.25) is 14.4 Å². The highest BCUT2D eigenvalue weighted by Crippen LogP contribution is 2.17. The van der Waals surface area contributed by atoms with E-state index in [1.165, 1.54) is 186 Å². The Morgan fingerprint density at radius 2 is 0.594 bits per heavy atom. The SMILES string of the molecule is CCC/C=C\C/C=C\CCCCCCCC(=O)OCC(COC(=O)CCCCCCCCCCCCCCCCCCCCC)OC(=O)CCCCCCCCCCCCCCCC. The van der Waals surface area contributed by atoms with Crippen LogP contribution in [0.1, 0.15) is 310 Å². The number of rotatable bonds is 52. The van der Waals surface area contributed by atoms with E-state index in [0.29, 0.717) is 19.3 Å². The lowest BCUT2D eigenvalue weighted by Gasteiger charge is -2.18. The lowest BCUT2D eigenvalue weighted by molar-refractivity contribution is -0.167. The molecule has 0 aliphatic rings. The average Bonchev–Trinajstić information content (AvgIpc) is 3.29. The molecule has 0 amide bonds. The van der Waals surface area contributed by atoms with Gasteiger partial charge in [0.1, 0.15) is 13.2 Å². The van der Waals surface area contributed by atoms with E-state index in [9.17, 15) is 14.4 Å². The zero-order valence-corrected chi connectivity index (χ0v) is 43.1. The van der Waals surface area contributed by atoms with Crippen molar-refractivity contribution in [2.75, 3.05) is 13.2 Å². The Labute approximate surface area is 398 Å². The van der Waals surface area contributed by atoms with Gasteiger partial charge in [0, 0.05) is 19.3 Å². The maximum Gasteiger partial charge on any atom is 0.306 e. The number of esters is 3. The largest absolute Gasteiger partial charge is 0.462 e. The number of unbranched alkanes of at least 4 members (excludes halogenated alkanes) is 37. The van der Waals surface area contributed by atoms with Crippen LogP contribution >= 0.6 is 0 Å². The van der Waals surface area contributed by atoms with E-state index in [1.807, 2.05) is 0 Å². The molecule has 1 atom stereocenters. The molecule has 6 heteroatoms. The van der Waals surface area contributed by atoms with Crippen LogP contribution < -0.4 is 0 Å². The third-order valence-corrected chi connectivity index (χ3v) is 12.7. The molecule has 0 saturated carbocycles. The summed E-state index contributed by atoms with van der Waals surface area (Å²) in [4.78, 5) is 38.1. The first kappa shape index (κ1) is 61.9. The van der Waals surface area contributed by atoms with Crippen molar-refractivity contribution in [3.63, 3.8) is 0 Å². The van der Waals surface area contributed by atoms with E-state index in [0.717, 1.165) is 83.5 Å². The van der Waals surface area contributed by atoms with Crippen molar-refractivity contribution >= 4 is 17.9 Å². The van der Waals surface area contributed by atoms with Gasteiger partial charge in [0.15, 0.2) is 6.10 Å². The topological polar surface area (TPSA) is 78.9 Å². The van der Waals surface area contributed by atoms with Gasteiger partial charge in [-0.25, -0.2) is 0 Å². The van der Waals surface area contributed by atoms with Crippen molar-refractivity contribution in [3.05, 3.63) is 24.3 Å². The number of carbonyl (C=O) groups excluding carboxylic acids is 3. The summed E-state index contributed by atoms with van der Waals surface area (Å²) in [6, 6.07) is 0. The van der Waals surface area contributed by atoms with E-state index in [2.05, 4.69) is 45.1 Å². The van der Waals surface area contributed by atoms with Crippen LogP contribution in [0.15, 0.2) is 24.3 Å². The lowest BCUT2D eigenvalue weighted by Crippen LogP contribution is -2.30. The fourth-order valence-electron chi connectivity index (χ4n) is 8.42. The zero-order valence-electron chi connectivity index (χ0n) is 43.1. The van der Waals surface area contributed by atoms with Gasteiger partial charge in [0.2, 0.25) is 0 Å². The molecule has 0 saturated heterocycles. The summed E-state index contributed by atoms with van der Waals surface area (Å²) in [5, 5.41) is 0. The molecule has 376 valence electrons. The van der Waals surface area contributed by atoms with Gasteiger partial charge < -0.3 is 14.2 Å². The number of hydrogen-bond donors (Lipinski definition) is 0. The van der Waals surface area contributed by atoms with Crippen LogP contribution in [0.3, 0.4) is 0 Å². The van der Waals surface area contributed by atoms with Crippen molar-refractivity contribution in [2.45, 2.75) is 316 Å². The van der Waals surface area contributed by atoms with Crippen LogP contribution in [0.4, 0.5) is 0 Å². The second-order valence-electron chi connectivity index (χ2n) is 19.2. The van der Waals surface area contributed by atoms with E-state index < -0.39 is 6.10 Å². The lowest BCUT2D eigenvalue weighted by atomic mass is 10.0. The Bertz CT molecular complexity index is 1040. The molecule has 64 heavy (non-hydrogen) atoms. The Balaban J connectivity index is 4.29. The number of carbonyl (C=O) groups is 3. The fraction of sp³-hybridized carbons (Fsp3) is 0.879. The molecule has 0 aromatic carbocycles. The van der Waals surface area contributed by atoms with Crippen molar-refractivity contribution in [1.29, 1.82) is 0 Å². The Hall–Kier alpha value is -2.11. The van der Waals surface area contributed by atoms with Crippen molar-refractivity contribution in [1.82, 2.24) is 0 Å². The highest BCUT2D eigenvalue weighted by Gasteiger charge is 2.19. The molecule has 0 aliphatic heterocycles. The first-order chi connectivity index (χ1) is 31.5. The predicted octanol–water partition coefficient (Wildman–Crippen LogP) is 18.7. The third kappa shape index (κ3) is 50.9. The molecule has 0 N–H and O–H groups in total. The summed E-state index contributed by atoms with van der Waals surface area (Å²) < 4.78 is 16.8. The van der Waals surface area contributed by atoms with Crippen molar-refractivity contribution in [3.8, 4) is 0 Å². The predicted molar refractivity (Wildman–Crippen MR) is 275 cm³/mol. The molecule has 0 rings (SSSR count). The molecule has 0 aromatic heterocycles. The second kappa shape index (κ2) is 53.5. The maximum atomic E-state index is 12.8. The van der Waals surface area contributed by atoms with E-state index in [-0.39, 0.29) is 31.1 Å². The van der Waals surface area contributed by atoms with Gasteiger partial charge in [-0.2, -0.15) is 0 Å². The quantitative estimate of drug-likeness (QED) is 0.0262. The minimum absolute atomic E-state index is 0.0702. The van der Waals surface area contributed by atoms with Gasteiger partial charge >= 0.3 is 17.9 Å². The van der Waals surface area contributed by atoms with Gasteiger partial charge in [-0.15, -0.1) is 0 Å². The number of ether oxygens (including phenoxy) is 3. The van der Waals surface area contributed by atoms with Crippen LogP contribution in [0.25, 0.3) is 0 Å². The molecule has 0 spiro atoms. The van der Waals surface area contributed by atoms with Crippen molar-refractivity contribution < 1.29 is 28.6 Å².